The number of aliphatic hydroxyl groups is 17. The second-order valence-electron chi connectivity index (χ2n) is 19.5. The minimum Gasteiger partial charge on any atom is -0.394 e. The highest BCUT2D eigenvalue weighted by atomic mass is 16.8. The summed E-state index contributed by atoms with van der Waals surface area (Å²) >= 11 is 0. The molecule has 23 heterocycles. The van der Waals surface area contributed by atoms with Crippen LogP contribution in [-0.2, 0) is 68.0 Å². The molecule has 0 amide bonds. The van der Waals surface area contributed by atoms with Gasteiger partial charge in [0.05, 0.1) is 39.6 Å². The fraction of sp³-hybridized carbons (Fsp3) is 0.889. The van der Waals surface area contributed by atoms with E-state index < -0.39 is 224 Å². The third-order valence-corrected chi connectivity index (χ3v) is 14.5. The first-order chi connectivity index (χ1) is 36.5. The number of rotatable bonds is 12. The van der Waals surface area contributed by atoms with E-state index in [9.17, 15) is 86.8 Å². The molecule has 0 aromatic carbocycles. The van der Waals surface area contributed by atoms with Crippen LogP contribution in [0.2, 0.25) is 0 Å². The Morgan fingerprint density at radius 1 is 0.355 bits per heavy atom. The Bertz CT molecular complexity index is 1890. The van der Waals surface area contributed by atoms with Crippen molar-refractivity contribution in [3.8, 4) is 0 Å². The topological polar surface area (TPSA) is 477 Å². The summed E-state index contributed by atoms with van der Waals surface area (Å²) < 4.78 is 76.1. The van der Waals surface area contributed by atoms with E-state index in [1.54, 1.807) is 18.5 Å². The van der Waals surface area contributed by atoms with E-state index in [4.69, 9.17) is 61.6 Å². The maximum atomic E-state index is 12.0. The zero-order valence-electron chi connectivity index (χ0n) is 40.6. The largest absolute Gasteiger partial charge is 0.394 e. The van der Waals surface area contributed by atoms with E-state index in [1.165, 1.54) is 0 Å². The van der Waals surface area contributed by atoms with E-state index in [0.717, 1.165) is 5.56 Å². The molecule has 0 radical (unpaired) electrons. The molecule has 22 saturated heterocycles. The van der Waals surface area contributed by atoms with E-state index in [1.807, 2.05) is 6.07 Å². The lowest BCUT2D eigenvalue weighted by atomic mass is 9.94. The predicted molar refractivity (Wildman–Crippen MR) is 237 cm³/mol. The van der Waals surface area contributed by atoms with Gasteiger partial charge in [-0.2, -0.15) is 0 Å². The van der Waals surface area contributed by atoms with Gasteiger partial charge in [0.1, 0.15) is 146 Å². The quantitative estimate of drug-likeness (QED) is 0.0864. The summed E-state index contributed by atoms with van der Waals surface area (Å²) in [6, 6.07) is 3.64. The average Bonchev–Trinajstić information content (AvgIpc) is 3.45. The van der Waals surface area contributed by atoms with Gasteiger partial charge >= 0.3 is 0 Å². The fourth-order valence-electron chi connectivity index (χ4n) is 10.3. The average molecular weight is 1110 g/mol. The molecule has 1 aromatic rings. The van der Waals surface area contributed by atoms with Crippen LogP contribution in [0.1, 0.15) is 18.4 Å². The van der Waals surface area contributed by atoms with Gasteiger partial charge in [-0.3, -0.25) is 4.98 Å². The molecule has 1 aromatic heterocycles. The number of ether oxygens (including phenoxy) is 13. The standard InChI is InChI=1S/C45H71NO30/c47-9-16-33-22(53)27(58)40(65-16)72-34-17(10-48)67-42(29(60)24(34)55)74-36-19(12-50)69-44(31(62)26(36)57)76-38-21(14-52)70-45(32(63)39(38)64-7-2-1-4-15-5-3-6-46-8-15)75-37-20(13-51)68-43(30(61)25(37)56)73-35-18(11-49)66-41(71-33)28(59)23(35)54/h3,5-6,8,16-45,47-63H,1-2,4,7,9-14H2/t16-,17-,18-,19-,20-,21-,22-,23-,24-,25-,26-,27-,28-,29-,30-,31-,32-,33-,34-,35-,36-,37-,38+,39-,40-,41-,42-,43-,44-,45-/m1/s1. The molecule has 22 fully saturated rings. The molecule has 31 nitrogen and oxygen atoms in total. The zero-order valence-corrected chi connectivity index (χ0v) is 40.6. The first kappa shape index (κ1) is 60.1. The monoisotopic (exact) mass is 1110 g/mol. The number of aromatic nitrogens is 1. The Morgan fingerprint density at radius 2 is 0.645 bits per heavy atom. The van der Waals surface area contributed by atoms with E-state index in [-0.39, 0.29) is 6.61 Å². The third kappa shape index (κ3) is 12.5. The van der Waals surface area contributed by atoms with E-state index in [0.29, 0.717) is 19.3 Å². The van der Waals surface area contributed by atoms with Gasteiger partial charge in [-0.05, 0) is 30.9 Å². The summed E-state index contributed by atoms with van der Waals surface area (Å²) in [6.07, 6.45) is -52.3. The van der Waals surface area contributed by atoms with Gasteiger partial charge in [0.15, 0.2) is 37.7 Å². The van der Waals surface area contributed by atoms with Crippen molar-refractivity contribution in [3.05, 3.63) is 30.1 Å². The Balaban J connectivity index is 1.10. The highest BCUT2D eigenvalue weighted by Crippen LogP contribution is 2.38. The number of nitrogens with zero attached hydrogens (tertiary/aromatic N) is 1. The van der Waals surface area contributed by atoms with Crippen LogP contribution in [0.25, 0.3) is 0 Å². The molecule has 22 aliphatic heterocycles. The van der Waals surface area contributed by atoms with Crippen LogP contribution >= 0.6 is 0 Å². The maximum absolute atomic E-state index is 12.0. The van der Waals surface area contributed by atoms with Gasteiger partial charge < -0.3 is 148 Å². The van der Waals surface area contributed by atoms with Crippen LogP contribution in [0, 0.1) is 0 Å². The SMILES string of the molecule is OC[C@H]1O[C@@H]2O[C@H]3[C@H](O)[C@@H](O)[C@@H](O[C@H]4[C@H](O)[C@@H](O)[C@@H](O[C@H]5[C@H](O)[C@@H](O)[C@@H](O[C@H]6[C@H](O)[C@@H](O)[C@@H](O[C@H]7[C@H](O)[C@@H](O)[C@@H](O[C@@H]1[C@H](OCCCCc1cccnc1)[C@H]2O)O[C@@H]7CO)O[C@@H]6CO)O[C@@H]5CO)O[C@@H]4CO)O[C@@H]3CO. The van der Waals surface area contributed by atoms with Crippen molar-refractivity contribution in [1.82, 2.24) is 4.98 Å². The number of hydrogen-bond donors (Lipinski definition) is 17. The highest BCUT2D eigenvalue weighted by Gasteiger charge is 2.59. The number of hydrogen-bond acceptors (Lipinski definition) is 31. The number of aliphatic hydroxyl groups excluding tert-OH is 17. The molecule has 12 bridgehead atoms. The minimum absolute atomic E-state index is 0.0891. The lowest BCUT2D eigenvalue weighted by Gasteiger charge is -2.51. The molecule has 0 aliphatic carbocycles. The molecular formula is C45H71NO30. The van der Waals surface area contributed by atoms with Crippen molar-refractivity contribution in [3.63, 3.8) is 0 Å². The normalized spacial score (nSPS) is 49.6. The molecule has 30 atom stereocenters. The molecule has 31 heteroatoms. The van der Waals surface area contributed by atoms with Crippen molar-refractivity contribution in [1.29, 1.82) is 0 Å². The zero-order chi connectivity index (χ0) is 54.7. The van der Waals surface area contributed by atoms with Gasteiger partial charge in [0, 0.05) is 19.0 Å². The minimum atomic E-state index is -2.15. The summed E-state index contributed by atoms with van der Waals surface area (Å²) in [6.45, 7) is -5.95. The van der Waals surface area contributed by atoms with Crippen molar-refractivity contribution >= 4 is 0 Å². The van der Waals surface area contributed by atoms with Crippen LogP contribution in [0.4, 0.5) is 0 Å². The van der Waals surface area contributed by atoms with Crippen LogP contribution in [0.15, 0.2) is 24.5 Å². The van der Waals surface area contributed by atoms with Crippen molar-refractivity contribution < 1.29 is 148 Å². The molecule has 17 N–H and O–H groups in total. The third-order valence-electron chi connectivity index (χ3n) is 14.5. The summed E-state index contributed by atoms with van der Waals surface area (Å²) in [5, 5.41) is 189. The maximum Gasteiger partial charge on any atom is 0.187 e. The van der Waals surface area contributed by atoms with Gasteiger partial charge in [0.25, 0.3) is 0 Å². The van der Waals surface area contributed by atoms with Gasteiger partial charge in [-0.1, -0.05) is 6.07 Å². The second-order valence-corrected chi connectivity index (χ2v) is 19.5. The molecule has 23 rings (SSSR count). The first-order valence-electron chi connectivity index (χ1n) is 25.0. The van der Waals surface area contributed by atoms with Gasteiger partial charge in [-0.25, -0.2) is 0 Å². The highest BCUT2D eigenvalue weighted by molar-refractivity contribution is 5.08. The molecule has 22 aliphatic rings. The number of pyridine rings is 1. The fourth-order valence-corrected chi connectivity index (χ4v) is 10.3. The summed E-state index contributed by atoms with van der Waals surface area (Å²) in [7, 11) is 0. The van der Waals surface area contributed by atoms with Crippen LogP contribution in [0.5, 0.6) is 0 Å². The molecule has 0 saturated carbocycles. The molecular weight excluding hydrogens is 1030 g/mol. The van der Waals surface area contributed by atoms with Crippen LogP contribution in [0.3, 0.4) is 0 Å². The molecule has 76 heavy (non-hydrogen) atoms. The summed E-state index contributed by atoms with van der Waals surface area (Å²) in [4.78, 5) is 4.10. The Morgan fingerprint density at radius 3 is 0.934 bits per heavy atom. The summed E-state index contributed by atoms with van der Waals surface area (Å²) in [5.41, 5.74) is 0.921. The van der Waals surface area contributed by atoms with E-state index in [2.05, 4.69) is 4.98 Å². The van der Waals surface area contributed by atoms with E-state index >= 15 is 0 Å². The number of aryl methyl sites for hydroxylation is 1. The molecule has 0 spiro atoms. The molecule has 436 valence electrons. The van der Waals surface area contributed by atoms with Crippen molar-refractivity contribution in [2.75, 3.05) is 46.2 Å². The lowest BCUT2D eigenvalue weighted by molar-refractivity contribution is -0.404. The van der Waals surface area contributed by atoms with Gasteiger partial charge in [-0.15, -0.1) is 0 Å². The van der Waals surface area contributed by atoms with Crippen molar-refractivity contribution in [2.45, 2.75) is 203 Å². The van der Waals surface area contributed by atoms with Crippen molar-refractivity contribution in [2.24, 2.45) is 0 Å². The second kappa shape index (κ2) is 26.7. The Kier molecular flexibility index (Phi) is 21.1. The van der Waals surface area contributed by atoms with Crippen LogP contribution in [-0.4, -0.2) is 322 Å². The lowest BCUT2D eigenvalue weighted by Crippen LogP contribution is -2.69. The molecule has 0 unspecified atom stereocenters. The number of unbranched alkanes of at least 4 members (excludes halogenated alkanes) is 1. The Labute approximate surface area is 432 Å². The first-order valence-corrected chi connectivity index (χ1v) is 25.0. The Hall–Kier alpha value is -2.05. The smallest absolute Gasteiger partial charge is 0.187 e. The van der Waals surface area contributed by atoms with Crippen LogP contribution < -0.4 is 0 Å². The van der Waals surface area contributed by atoms with Gasteiger partial charge in [0.2, 0.25) is 0 Å². The summed E-state index contributed by atoms with van der Waals surface area (Å²) in [5.74, 6) is 0. The predicted octanol–water partition coefficient (Wildman–Crippen LogP) is -10.6.